The Balaban J connectivity index is 1.37. The number of aromatic amines is 1. The third-order valence-corrected chi connectivity index (χ3v) is 7.29. The molecule has 1 atom stereocenters. The first-order chi connectivity index (χ1) is 17.0. The van der Waals surface area contributed by atoms with Gasteiger partial charge in [0.15, 0.2) is 0 Å². The number of benzene rings is 1. The SMILES string of the molecule is Cc1ccc(-n2cnnn2)c(-c2cc3n(c(=O)c2)C(c2ncc(-c4ccc(C(=O)O)s4)[nH]2)CC3)c1. The number of carbonyl (C=O) groups is 1. The van der Waals surface area contributed by atoms with Crippen LogP contribution in [0, 0.1) is 6.92 Å². The highest BCUT2D eigenvalue weighted by molar-refractivity contribution is 7.17. The highest BCUT2D eigenvalue weighted by Gasteiger charge is 2.28. The summed E-state index contributed by atoms with van der Waals surface area (Å²) in [5.41, 5.74) is 5.13. The second kappa shape index (κ2) is 8.13. The van der Waals surface area contributed by atoms with E-state index in [1.54, 1.807) is 33.6 Å². The van der Waals surface area contributed by atoms with E-state index < -0.39 is 5.97 Å². The van der Waals surface area contributed by atoms with Gasteiger partial charge in [-0.2, -0.15) is 4.68 Å². The quantitative estimate of drug-likeness (QED) is 0.389. The second-order valence-corrected chi connectivity index (χ2v) is 9.51. The van der Waals surface area contributed by atoms with Gasteiger partial charge >= 0.3 is 5.97 Å². The number of carboxylic acid groups (broad SMARTS) is 1. The van der Waals surface area contributed by atoms with Crippen molar-refractivity contribution in [2.45, 2.75) is 25.8 Å². The molecule has 0 spiro atoms. The standard InChI is InChI=1S/C24H19N7O3S/c1-13-2-4-18(30-12-26-28-29-30)16(8-13)14-9-15-3-5-19(31(15)22(32)10-14)23-25-11-17(27-23)20-6-7-21(35-20)24(33)34/h2,4,6-12,19H,3,5H2,1H3,(H,25,27)(H,33,34). The Morgan fingerprint density at radius 1 is 1.20 bits per heavy atom. The fourth-order valence-corrected chi connectivity index (χ4v) is 5.40. The Bertz CT molecular complexity index is 1630. The van der Waals surface area contributed by atoms with Gasteiger partial charge in [-0.25, -0.2) is 9.78 Å². The van der Waals surface area contributed by atoms with Crippen LogP contribution in [0.15, 0.2) is 59.8 Å². The Hall–Kier alpha value is -4.38. The van der Waals surface area contributed by atoms with Crippen molar-refractivity contribution >= 4 is 17.3 Å². The topological polar surface area (TPSA) is 132 Å². The zero-order valence-corrected chi connectivity index (χ0v) is 19.4. The molecule has 0 saturated carbocycles. The molecule has 11 heteroatoms. The molecule has 0 amide bonds. The number of carboxylic acids is 1. The minimum Gasteiger partial charge on any atom is -0.477 e. The van der Waals surface area contributed by atoms with E-state index in [9.17, 15) is 14.7 Å². The molecule has 35 heavy (non-hydrogen) atoms. The molecule has 0 saturated heterocycles. The molecule has 4 aromatic heterocycles. The van der Waals surface area contributed by atoms with Crippen molar-refractivity contribution in [2.24, 2.45) is 0 Å². The number of rotatable bonds is 5. The fourth-order valence-electron chi connectivity index (χ4n) is 4.59. The summed E-state index contributed by atoms with van der Waals surface area (Å²) in [6.07, 6.45) is 4.70. The van der Waals surface area contributed by atoms with Gasteiger partial charge in [0.2, 0.25) is 0 Å². The first kappa shape index (κ1) is 21.2. The van der Waals surface area contributed by atoms with Crippen molar-refractivity contribution in [1.82, 2.24) is 34.7 Å². The lowest BCUT2D eigenvalue weighted by Gasteiger charge is -2.15. The molecule has 1 aliphatic rings. The average molecular weight is 486 g/mol. The molecule has 10 nitrogen and oxygen atoms in total. The third kappa shape index (κ3) is 3.66. The predicted octanol–water partition coefficient (Wildman–Crippen LogP) is 3.48. The molecule has 174 valence electrons. The number of thiophene rings is 1. The number of nitrogens with one attached hydrogen (secondary N) is 1. The number of nitrogens with zero attached hydrogens (tertiary/aromatic N) is 6. The van der Waals surface area contributed by atoms with Gasteiger partial charge in [0.25, 0.3) is 5.56 Å². The summed E-state index contributed by atoms with van der Waals surface area (Å²) >= 11 is 1.18. The Morgan fingerprint density at radius 3 is 2.86 bits per heavy atom. The van der Waals surface area contributed by atoms with E-state index in [2.05, 4.69) is 25.5 Å². The molecule has 2 N–H and O–H groups in total. The highest BCUT2D eigenvalue weighted by atomic mass is 32.1. The predicted molar refractivity (Wildman–Crippen MR) is 129 cm³/mol. The average Bonchev–Trinajstić information content (AvgIpc) is 3.64. The number of fused-ring (bicyclic) bond motifs is 1. The summed E-state index contributed by atoms with van der Waals surface area (Å²) in [5.74, 6) is -0.270. The smallest absolute Gasteiger partial charge is 0.345 e. The summed E-state index contributed by atoms with van der Waals surface area (Å²) in [5, 5.41) is 20.7. The van der Waals surface area contributed by atoms with E-state index in [1.165, 1.54) is 17.7 Å². The maximum absolute atomic E-state index is 13.3. The van der Waals surface area contributed by atoms with Crippen LogP contribution in [0.25, 0.3) is 27.4 Å². The van der Waals surface area contributed by atoms with Gasteiger partial charge in [-0.05, 0) is 66.1 Å². The molecule has 0 bridgehead atoms. The van der Waals surface area contributed by atoms with Crippen molar-refractivity contribution < 1.29 is 9.90 Å². The monoisotopic (exact) mass is 485 g/mol. The molecule has 1 unspecified atom stereocenters. The number of aromatic carboxylic acids is 1. The van der Waals surface area contributed by atoms with Gasteiger partial charge in [-0.1, -0.05) is 11.6 Å². The van der Waals surface area contributed by atoms with Crippen LogP contribution in [0.4, 0.5) is 0 Å². The molecule has 5 heterocycles. The van der Waals surface area contributed by atoms with Gasteiger partial charge in [-0.15, -0.1) is 16.4 Å². The third-order valence-electron chi connectivity index (χ3n) is 6.19. The lowest BCUT2D eigenvalue weighted by atomic mass is 10.0. The summed E-state index contributed by atoms with van der Waals surface area (Å²) in [6.45, 7) is 2.00. The fraction of sp³-hybridized carbons (Fsp3) is 0.167. The maximum Gasteiger partial charge on any atom is 0.345 e. The zero-order chi connectivity index (χ0) is 24.1. The lowest BCUT2D eigenvalue weighted by Crippen LogP contribution is -2.23. The number of aryl methyl sites for hydroxylation is 2. The molecular formula is C24H19N7O3S. The molecule has 1 aromatic carbocycles. The number of hydrogen-bond donors (Lipinski definition) is 2. The molecule has 0 fully saturated rings. The van der Waals surface area contributed by atoms with E-state index in [-0.39, 0.29) is 16.5 Å². The van der Waals surface area contributed by atoms with Crippen LogP contribution in [-0.2, 0) is 6.42 Å². The number of tetrazole rings is 1. The van der Waals surface area contributed by atoms with E-state index in [0.29, 0.717) is 5.82 Å². The van der Waals surface area contributed by atoms with Crippen LogP contribution in [0.3, 0.4) is 0 Å². The van der Waals surface area contributed by atoms with Crippen molar-refractivity contribution in [2.75, 3.05) is 0 Å². The van der Waals surface area contributed by atoms with Crippen molar-refractivity contribution in [3.05, 3.63) is 87.3 Å². The summed E-state index contributed by atoms with van der Waals surface area (Å²) in [4.78, 5) is 33.4. The van der Waals surface area contributed by atoms with Gasteiger partial charge in [-0.3, -0.25) is 4.79 Å². The van der Waals surface area contributed by atoms with Crippen LogP contribution in [0.2, 0.25) is 0 Å². The largest absolute Gasteiger partial charge is 0.477 e. The minimum absolute atomic E-state index is 0.105. The van der Waals surface area contributed by atoms with Gasteiger partial charge in [0, 0.05) is 17.3 Å². The summed E-state index contributed by atoms with van der Waals surface area (Å²) in [7, 11) is 0. The number of hydrogen-bond acceptors (Lipinski definition) is 7. The maximum atomic E-state index is 13.3. The summed E-state index contributed by atoms with van der Waals surface area (Å²) < 4.78 is 3.38. The molecule has 1 aliphatic heterocycles. The first-order valence-corrected chi connectivity index (χ1v) is 11.8. The second-order valence-electron chi connectivity index (χ2n) is 8.42. The van der Waals surface area contributed by atoms with Gasteiger partial charge < -0.3 is 14.7 Å². The van der Waals surface area contributed by atoms with E-state index >= 15 is 0 Å². The van der Waals surface area contributed by atoms with Crippen LogP contribution in [0.5, 0.6) is 0 Å². The van der Waals surface area contributed by atoms with Crippen LogP contribution < -0.4 is 5.56 Å². The Kier molecular flexibility index (Phi) is 4.92. The Morgan fingerprint density at radius 2 is 2.09 bits per heavy atom. The van der Waals surface area contributed by atoms with Gasteiger partial charge in [0.1, 0.15) is 17.0 Å². The first-order valence-electron chi connectivity index (χ1n) is 11.0. The van der Waals surface area contributed by atoms with Crippen LogP contribution in [0.1, 0.15) is 39.2 Å². The van der Waals surface area contributed by atoms with E-state index in [1.807, 2.05) is 31.2 Å². The van der Waals surface area contributed by atoms with Crippen LogP contribution >= 0.6 is 11.3 Å². The molecule has 6 rings (SSSR count). The van der Waals surface area contributed by atoms with Gasteiger partial charge in [0.05, 0.1) is 28.5 Å². The Labute approximate surface area is 202 Å². The zero-order valence-electron chi connectivity index (χ0n) is 18.5. The lowest BCUT2D eigenvalue weighted by molar-refractivity contribution is 0.0702. The van der Waals surface area contributed by atoms with Crippen molar-refractivity contribution in [3.8, 4) is 27.4 Å². The summed E-state index contributed by atoms with van der Waals surface area (Å²) in [6, 6.07) is 12.8. The van der Waals surface area contributed by atoms with E-state index in [0.717, 1.165) is 51.5 Å². The molecular weight excluding hydrogens is 466 g/mol. The minimum atomic E-state index is -0.954. The molecule has 5 aromatic rings. The van der Waals surface area contributed by atoms with Crippen molar-refractivity contribution in [3.63, 3.8) is 0 Å². The number of aromatic nitrogens is 7. The number of H-pyrrole nitrogens is 1. The number of imidazole rings is 1. The van der Waals surface area contributed by atoms with Crippen molar-refractivity contribution in [1.29, 1.82) is 0 Å². The van der Waals surface area contributed by atoms with Crippen LogP contribution in [-0.4, -0.2) is 45.8 Å². The normalized spacial score (nSPS) is 14.8. The molecule has 0 aliphatic carbocycles. The number of pyridine rings is 1. The molecule has 0 radical (unpaired) electrons. The van der Waals surface area contributed by atoms with E-state index in [4.69, 9.17) is 0 Å². The highest BCUT2D eigenvalue weighted by Crippen LogP contribution is 2.34.